The lowest BCUT2D eigenvalue weighted by atomic mass is 9.76. The van der Waals surface area contributed by atoms with Crippen LogP contribution in [0.15, 0.2) is 78.9 Å². The standard InChI is InChI=1S/C36H38F3N5O4/c1-2-18-47-26-11-8-23(9-12-26)25-10-13-27(28(19-25)24-6-4-3-5-7-24)32(36(37,38)39)48-31-20-30(42-34(40)43-31)44-16-14-35(15-17-44)21-29(33(45)46)41-22-35/h3-13,19-20,29,32,41H,2,14-18,21-22H2,1H3,(H,45,46)(H2,40,42,43)/t29-,32+/m0/s1. The molecule has 0 unspecified atom stereocenters. The van der Waals surface area contributed by atoms with Gasteiger partial charge in [0.15, 0.2) is 0 Å². The van der Waals surface area contributed by atoms with Crippen molar-refractivity contribution < 1.29 is 32.5 Å². The SMILES string of the molecule is CCCOc1ccc(-c2ccc([C@@H](Oc3cc(N4CCC5(CC4)CN[C@H](C(=O)O)C5)nc(N)n3)C(F)(F)F)c(-c3ccccc3)c2)cc1. The number of nitrogens with two attached hydrogens (primary N) is 1. The zero-order chi connectivity index (χ0) is 33.9. The van der Waals surface area contributed by atoms with Crippen LogP contribution < -0.4 is 25.4 Å². The summed E-state index contributed by atoms with van der Waals surface area (Å²) in [5, 5.41) is 12.5. The summed E-state index contributed by atoms with van der Waals surface area (Å²) in [6, 6.07) is 22.0. The number of nitrogens with zero attached hydrogens (tertiary/aromatic N) is 3. The molecular weight excluding hydrogens is 623 g/mol. The Morgan fingerprint density at radius 1 is 1.02 bits per heavy atom. The van der Waals surface area contributed by atoms with Gasteiger partial charge in [0.1, 0.15) is 17.6 Å². The maximum atomic E-state index is 14.9. The number of alkyl halides is 3. The number of benzene rings is 3. The van der Waals surface area contributed by atoms with Crippen molar-refractivity contribution >= 4 is 17.7 Å². The molecule has 0 aliphatic carbocycles. The van der Waals surface area contributed by atoms with Crippen LogP contribution in [0.3, 0.4) is 0 Å². The molecule has 0 saturated carbocycles. The molecule has 1 spiro atoms. The number of hydrogen-bond donors (Lipinski definition) is 3. The van der Waals surface area contributed by atoms with E-state index in [0.717, 1.165) is 23.3 Å². The third-order valence-corrected chi connectivity index (χ3v) is 9.13. The van der Waals surface area contributed by atoms with Gasteiger partial charge in [-0.25, -0.2) is 0 Å². The molecule has 6 rings (SSSR count). The molecule has 0 radical (unpaired) electrons. The molecule has 2 fully saturated rings. The van der Waals surface area contributed by atoms with Gasteiger partial charge in [-0.05, 0) is 71.6 Å². The van der Waals surface area contributed by atoms with Crippen molar-refractivity contribution in [2.45, 2.75) is 50.9 Å². The minimum absolute atomic E-state index is 0.0688. The monoisotopic (exact) mass is 661 g/mol. The smallest absolute Gasteiger partial charge is 0.429 e. The van der Waals surface area contributed by atoms with Crippen molar-refractivity contribution in [2.75, 3.05) is 36.9 Å². The molecule has 2 aliphatic rings. The maximum Gasteiger partial charge on any atom is 0.429 e. The van der Waals surface area contributed by atoms with Gasteiger partial charge in [-0.2, -0.15) is 23.1 Å². The second kappa shape index (κ2) is 13.7. The molecule has 4 N–H and O–H groups in total. The molecule has 1 aromatic heterocycles. The third-order valence-electron chi connectivity index (χ3n) is 9.13. The highest BCUT2D eigenvalue weighted by atomic mass is 19.4. The molecule has 0 bridgehead atoms. The van der Waals surface area contributed by atoms with Crippen molar-refractivity contribution in [1.29, 1.82) is 0 Å². The Morgan fingerprint density at radius 2 is 1.73 bits per heavy atom. The number of carbonyl (C=O) groups is 1. The van der Waals surface area contributed by atoms with Crippen LogP contribution in [0.4, 0.5) is 24.9 Å². The Bertz CT molecular complexity index is 1730. The van der Waals surface area contributed by atoms with Gasteiger partial charge in [-0.1, -0.05) is 61.5 Å². The molecule has 3 heterocycles. The van der Waals surface area contributed by atoms with Gasteiger partial charge in [0, 0.05) is 31.3 Å². The number of nitrogen functional groups attached to an aromatic ring is 1. The number of carboxylic acids is 1. The number of halogens is 3. The lowest BCUT2D eigenvalue weighted by Crippen LogP contribution is -2.41. The number of aromatic nitrogens is 2. The zero-order valence-electron chi connectivity index (χ0n) is 26.5. The number of anilines is 2. The molecule has 0 amide bonds. The normalized spacial score (nSPS) is 18.1. The first-order valence-corrected chi connectivity index (χ1v) is 16.1. The van der Waals surface area contributed by atoms with E-state index in [2.05, 4.69) is 15.3 Å². The fourth-order valence-corrected chi connectivity index (χ4v) is 6.56. The maximum absolute atomic E-state index is 14.9. The van der Waals surface area contributed by atoms with E-state index in [-0.39, 0.29) is 22.8 Å². The Morgan fingerprint density at radius 3 is 2.38 bits per heavy atom. The molecule has 252 valence electrons. The van der Waals surface area contributed by atoms with Crippen LogP contribution in [0.25, 0.3) is 22.3 Å². The van der Waals surface area contributed by atoms with Gasteiger partial charge in [0.25, 0.3) is 0 Å². The Kier molecular flexibility index (Phi) is 9.45. The van der Waals surface area contributed by atoms with E-state index in [1.807, 2.05) is 36.1 Å². The van der Waals surface area contributed by atoms with Crippen LogP contribution in [0.5, 0.6) is 11.6 Å². The fourth-order valence-electron chi connectivity index (χ4n) is 6.56. The summed E-state index contributed by atoms with van der Waals surface area (Å²) in [7, 11) is 0. The van der Waals surface area contributed by atoms with Crippen LogP contribution in [0.1, 0.15) is 44.3 Å². The first-order chi connectivity index (χ1) is 23.0. The molecule has 9 nitrogen and oxygen atoms in total. The van der Waals surface area contributed by atoms with E-state index in [1.165, 1.54) is 12.1 Å². The van der Waals surface area contributed by atoms with Crippen LogP contribution >= 0.6 is 0 Å². The number of rotatable bonds is 10. The molecule has 4 aromatic rings. The number of nitrogens with one attached hydrogen (secondary N) is 1. The minimum Gasteiger partial charge on any atom is -0.494 e. The van der Waals surface area contributed by atoms with Gasteiger partial charge in [0.05, 0.1) is 6.61 Å². The minimum atomic E-state index is -4.79. The third kappa shape index (κ3) is 7.33. The van der Waals surface area contributed by atoms with E-state index in [4.69, 9.17) is 15.2 Å². The Hall–Kier alpha value is -4.84. The van der Waals surface area contributed by atoms with Gasteiger partial charge >= 0.3 is 12.1 Å². The average Bonchev–Trinajstić information content (AvgIpc) is 3.50. The highest BCUT2D eigenvalue weighted by Gasteiger charge is 2.46. The molecule has 12 heteroatoms. The molecule has 48 heavy (non-hydrogen) atoms. The lowest BCUT2D eigenvalue weighted by Gasteiger charge is -2.39. The first kappa shape index (κ1) is 33.1. The summed E-state index contributed by atoms with van der Waals surface area (Å²) in [6.07, 6.45) is -4.33. The van der Waals surface area contributed by atoms with Crippen molar-refractivity contribution in [1.82, 2.24) is 15.3 Å². The van der Waals surface area contributed by atoms with E-state index in [1.54, 1.807) is 42.5 Å². The van der Waals surface area contributed by atoms with E-state index >= 15 is 0 Å². The van der Waals surface area contributed by atoms with E-state index in [9.17, 15) is 23.1 Å². The van der Waals surface area contributed by atoms with Crippen molar-refractivity contribution in [3.05, 3.63) is 84.4 Å². The number of ether oxygens (including phenoxy) is 2. The number of carboxylic acid groups (broad SMARTS) is 1. The number of hydrogen-bond acceptors (Lipinski definition) is 8. The molecule has 3 aromatic carbocycles. The van der Waals surface area contributed by atoms with Crippen LogP contribution in [0.2, 0.25) is 0 Å². The van der Waals surface area contributed by atoms with Crippen molar-refractivity contribution in [2.24, 2.45) is 5.41 Å². The van der Waals surface area contributed by atoms with Crippen LogP contribution in [-0.2, 0) is 4.79 Å². The molecule has 2 atom stereocenters. The highest BCUT2D eigenvalue weighted by molar-refractivity contribution is 5.76. The summed E-state index contributed by atoms with van der Waals surface area (Å²) >= 11 is 0. The van der Waals surface area contributed by atoms with Gasteiger partial charge < -0.3 is 30.5 Å². The number of aliphatic carboxylic acids is 1. The van der Waals surface area contributed by atoms with Crippen LogP contribution in [0, 0.1) is 5.41 Å². The van der Waals surface area contributed by atoms with E-state index < -0.39 is 24.3 Å². The summed E-state index contributed by atoms with van der Waals surface area (Å²) in [4.78, 5) is 21.7. The summed E-state index contributed by atoms with van der Waals surface area (Å²) in [5.74, 6) is -0.281. The van der Waals surface area contributed by atoms with Crippen molar-refractivity contribution in [3.8, 4) is 33.9 Å². The second-order valence-corrected chi connectivity index (χ2v) is 12.5. The summed E-state index contributed by atoms with van der Waals surface area (Å²) < 4.78 is 56.1. The summed E-state index contributed by atoms with van der Waals surface area (Å²) in [5.41, 5.74) is 8.33. The second-order valence-electron chi connectivity index (χ2n) is 12.5. The lowest BCUT2D eigenvalue weighted by molar-refractivity contribution is -0.198. The van der Waals surface area contributed by atoms with E-state index in [0.29, 0.717) is 62.4 Å². The quantitative estimate of drug-likeness (QED) is 0.167. The summed E-state index contributed by atoms with van der Waals surface area (Å²) in [6.45, 7) is 4.30. The molecular formula is C36H38F3N5O4. The molecule has 2 saturated heterocycles. The largest absolute Gasteiger partial charge is 0.494 e. The number of piperidine rings is 1. The van der Waals surface area contributed by atoms with Gasteiger partial charge in [0.2, 0.25) is 17.9 Å². The Balaban J connectivity index is 1.29. The first-order valence-electron chi connectivity index (χ1n) is 16.1. The van der Waals surface area contributed by atoms with Crippen LogP contribution in [-0.4, -0.2) is 59.5 Å². The highest BCUT2D eigenvalue weighted by Crippen LogP contribution is 2.44. The zero-order valence-corrected chi connectivity index (χ0v) is 26.5. The Labute approximate surface area is 276 Å². The van der Waals surface area contributed by atoms with Crippen molar-refractivity contribution in [3.63, 3.8) is 0 Å². The predicted molar refractivity (Wildman–Crippen MR) is 177 cm³/mol. The van der Waals surface area contributed by atoms with Gasteiger partial charge in [-0.15, -0.1) is 0 Å². The topological polar surface area (TPSA) is 123 Å². The molecule has 2 aliphatic heterocycles. The average molecular weight is 662 g/mol. The van der Waals surface area contributed by atoms with Gasteiger partial charge in [-0.3, -0.25) is 4.79 Å². The fraction of sp³-hybridized carbons (Fsp3) is 0.361. The predicted octanol–water partition coefficient (Wildman–Crippen LogP) is 6.90.